The predicted molar refractivity (Wildman–Crippen MR) is 73.3 cm³/mol. The van der Waals surface area contributed by atoms with E-state index in [2.05, 4.69) is 10.8 Å². The number of ether oxygens (including phenoxy) is 1. The van der Waals surface area contributed by atoms with Crippen LogP contribution in [-0.2, 0) is 6.54 Å². The number of methoxy groups -OCH3 is 1. The van der Waals surface area contributed by atoms with Crippen molar-refractivity contribution in [3.63, 3.8) is 0 Å². The highest BCUT2D eigenvalue weighted by Crippen LogP contribution is 2.30. The van der Waals surface area contributed by atoms with Crippen molar-refractivity contribution in [1.29, 1.82) is 0 Å². The minimum Gasteiger partial charge on any atom is -0.497 e. The molecule has 1 N–H and O–H groups in total. The number of aromatic nitrogens is 2. The van der Waals surface area contributed by atoms with Gasteiger partial charge in [-0.3, -0.25) is 0 Å². The summed E-state index contributed by atoms with van der Waals surface area (Å²) >= 11 is 0. The molecular weight excluding hydrogens is 240 g/mol. The van der Waals surface area contributed by atoms with Crippen LogP contribution in [-0.4, -0.2) is 28.4 Å². The number of hydrogen-bond donors (Lipinski definition) is 1. The molecule has 0 aliphatic carbocycles. The number of fused-ring (bicyclic) bond motifs is 1. The van der Waals surface area contributed by atoms with E-state index in [0.717, 1.165) is 42.2 Å². The highest BCUT2D eigenvalue weighted by molar-refractivity contribution is 5.60. The van der Waals surface area contributed by atoms with E-state index in [1.165, 1.54) is 0 Å². The van der Waals surface area contributed by atoms with Crippen molar-refractivity contribution in [2.24, 2.45) is 0 Å². The fraction of sp³-hybridized carbons (Fsp3) is 0.400. The van der Waals surface area contributed by atoms with Crippen LogP contribution in [0, 0.1) is 0 Å². The first kappa shape index (κ1) is 12.2. The lowest BCUT2D eigenvalue weighted by atomic mass is 10.0. The van der Waals surface area contributed by atoms with Gasteiger partial charge < -0.3 is 14.4 Å². The highest BCUT2D eigenvalue weighted by Gasteiger charge is 2.22. The molecule has 1 atom stereocenters. The maximum atomic E-state index is 9.42. The molecule has 1 aromatic carbocycles. The molecule has 19 heavy (non-hydrogen) atoms. The summed E-state index contributed by atoms with van der Waals surface area (Å²) in [4.78, 5) is 4.69. The largest absolute Gasteiger partial charge is 0.497 e. The second-order valence-corrected chi connectivity index (χ2v) is 4.93. The first-order valence-electron chi connectivity index (χ1n) is 6.64. The summed E-state index contributed by atoms with van der Waals surface area (Å²) in [5.74, 6) is 2.04. The SMILES string of the molecule is COc1ccc(-c2cn3c(n2)C(CO)CCC3)cc1. The molecule has 3 rings (SSSR count). The van der Waals surface area contributed by atoms with Gasteiger partial charge in [-0.05, 0) is 37.1 Å². The van der Waals surface area contributed by atoms with E-state index >= 15 is 0 Å². The van der Waals surface area contributed by atoms with E-state index in [1.54, 1.807) is 7.11 Å². The second kappa shape index (κ2) is 5.05. The Kier molecular flexibility index (Phi) is 3.25. The maximum absolute atomic E-state index is 9.42. The molecule has 100 valence electrons. The number of aryl methyl sites for hydroxylation is 1. The molecule has 1 aliphatic heterocycles. The van der Waals surface area contributed by atoms with E-state index < -0.39 is 0 Å². The second-order valence-electron chi connectivity index (χ2n) is 4.93. The maximum Gasteiger partial charge on any atom is 0.118 e. The summed E-state index contributed by atoms with van der Waals surface area (Å²) < 4.78 is 7.33. The van der Waals surface area contributed by atoms with Gasteiger partial charge in [0, 0.05) is 24.2 Å². The van der Waals surface area contributed by atoms with Gasteiger partial charge in [0.05, 0.1) is 19.4 Å². The monoisotopic (exact) mass is 258 g/mol. The van der Waals surface area contributed by atoms with Gasteiger partial charge in [0.25, 0.3) is 0 Å². The van der Waals surface area contributed by atoms with Crippen molar-refractivity contribution < 1.29 is 9.84 Å². The van der Waals surface area contributed by atoms with Crippen molar-refractivity contribution >= 4 is 0 Å². The van der Waals surface area contributed by atoms with Crippen LogP contribution in [0.4, 0.5) is 0 Å². The molecule has 0 saturated heterocycles. The molecule has 4 nitrogen and oxygen atoms in total. The van der Waals surface area contributed by atoms with Gasteiger partial charge in [-0.25, -0.2) is 4.98 Å². The van der Waals surface area contributed by atoms with E-state index in [1.807, 2.05) is 24.3 Å². The Balaban J connectivity index is 1.95. The lowest BCUT2D eigenvalue weighted by Crippen LogP contribution is -2.18. The van der Waals surface area contributed by atoms with Gasteiger partial charge in [-0.2, -0.15) is 0 Å². The quantitative estimate of drug-likeness (QED) is 0.919. The molecule has 0 fully saturated rings. The lowest BCUT2D eigenvalue weighted by Gasteiger charge is -2.21. The minimum absolute atomic E-state index is 0.180. The van der Waals surface area contributed by atoms with Gasteiger partial charge in [0.1, 0.15) is 11.6 Å². The lowest BCUT2D eigenvalue weighted by molar-refractivity contribution is 0.238. The Labute approximate surface area is 112 Å². The molecule has 0 saturated carbocycles. The molecule has 0 amide bonds. The molecule has 1 aromatic heterocycles. The van der Waals surface area contributed by atoms with Crippen LogP contribution in [0.3, 0.4) is 0 Å². The summed E-state index contributed by atoms with van der Waals surface area (Å²) in [5, 5.41) is 9.42. The van der Waals surface area contributed by atoms with Crippen molar-refractivity contribution in [2.75, 3.05) is 13.7 Å². The van der Waals surface area contributed by atoms with Gasteiger partial charge in [-0.1, -0.05) is 0 Å². The van der Waals surface area contributed by atoms with Gasteiger partial charge in [0.15, 0.2) is 0 Å². The Morgan fingerprint density at radius 1 is 1.37 bits per heavy atom. The van der Waals surface area contributed by atoms with Crippen molar-refractivity contribution in [2.45, 2.75) is 25.3 Å². The minimum atomic E-state index is 0.180. The summed E-state index contributed by atoms with van der Waals surface area (Å²) in [6.07, 6.45) is 4.21. The van der Waals surface area contributed by atoms with Gasteiger partial charge >= 0.3 is 0 Å². The number of benzene rings is 1. The van der Waals surface area contributed by atoms with Crippen LogP contribution < -0.4 is 4.74 Å². The predicted octanol–water partition coefficient (Wildman–Crippen LogP) is 2.43. The molecule has 2 heterocycles. The summed E-state index contributed by atoms with van der Waals surface area (Å²) in [7, 11) is 1.66. The third-order valence-electron chi connectivity index (χ3n) is 3.73. The van der Waals surface area contributed by atoms with Crippen molar-refractivity contribution in [3.05, 3.63) is 36.3 Å². The Hall–Kier alpha value is -1.81. The zero-order valence-electron chi connectivity index (χ0n) is 11.0. The standard InChI is InChI=1S/C15H18N2O2/c1-19-13-6-4-11(5-7-13)14-9-17-8-2-3-12(10-18)15(17)16-14/h4-7,9,12,18H,2-3,8,10H2,1H3. The molecule has 0 bridgehead atoms. The van der Waals surface area contributed by atoms with E-state index in [-0.39, 0.29) is 12.5 Å². The molecule has 1 aliphatic rings. The first-order valence-corrected chi connectivity index (χ1v) is 6.64. The zero-order chi connectivity index (χ0) is 13.2. The smallest absolute Gasteiger partial charge is 0.118 e. The average Bonchev–Trinajstić information content (AvgIpc) is 2.91. The molecular formula is C15H18N2O2. The molecule has 0 spiro atoms. The molecule has 4 heteroatoms. The Bertz CT molecular complexity index is 560. The van der Waals surface area contributed by atoms with Crippen LogP contribution in [0.25, 0.3) is 11.3 Å². The fourth-order valence-corrected chi connectivity index (χ4v) is 2.65. The van der Waals surface area contributed by atoms with Gasteiger partial charge in [-0.15, -0.1) is 0 Å². The third kappa shape index (κ3) is 2.24. The average molecular weight is 258 g/mol. The van der Waals surface area contributed by atoms with E-state index in [4.69, 9.17) is 9.72 Å². The molecule has 2 aromatic rings. The number of aliphatic hydroxyl groups is 1. The number of aliphatic hydroxyl groups excluding tert-OH is 1. The first-order chi connectivity index (χ1) is 9.31. The van der Waals surface area contributed by atoms with E-state index in [0.29, 0.717) is 0 Å². The molecule has 0 radical (unpaired) electrons. The Morgan fingerprint density at radius 3 is 2.84 bits per heavy atom. The summed E-state index contributed by atoms with van der Waals surface area (Å²) in [6, 6.07) is 7.91. The highest BCUT2D eigenvalue weighted by atomic mass is 16.5. The number of imidazole rings is 1. The van der Waals surface area contributed by atoms with Crippen LogP contribution in [0.15, 0.2) is 30.5 Å². The summed E-state index contributed by atoms with van der Waals surface area (Å²) in [5.41, 5.74) is 2.05. The number of rotatable bonds is 3. The van der Waals surface area contributed by atoms with Crippen LogP contribution >= 0.6 is 0 Å². The van der Waals surface area contributed by atoms with Crippen molar-refractivity contribution in [3.8, 4) is 17.0 Å². The third-order valence-corrected chi connectivity index (χ3v) is 3.73. The normalized spacial score (nSPS) is 18.1. The van der Waals surface area contributed by atoms with Crippen LogP contribution in [0.2, 0.25) is 0 Å². The van der Waals surface area contributed by atoms with Crippen LogP contribution in [0.5, 0.6) is 5.75 Å². The topological polar surface area (TPSA) is 47.3 Å². The van der Waals surface area contributed by atoms with Crippen LogP contribution in [0.1, 0.15) is 24.6 Å². The van der Waals surface area contributed by atoms with E-state index in [9.17, 15) is 5.11 Å². The zero-order valence-corrected chi connectivity index (χ0v) is 11.0. The Morgan fingerprint density at radius 2 is 2.16 bits per heavy atom. The molecule has 1 unspecified atom stereocenters. The number of hydrogen-bond acceptors (Lipinski definition) is 3. The van der Waals surface area contributed by atoms with Crippen molar-refractivity contribution in [1.82, 2.24) is 9.55 Å². The van der Waals surface area contributed by atoms with Gasteiger partial charge in [0.2, 0.25) is 0 Å². The fourth-order valence-electron chi connectivity index (χ4n) is 2.65. The number of nitrogens with zero attached hydrogens (tertiary/aromatic N) is 2. The summed E-state index contributed by atoms with van der Waals surface area (Å²) in [6.45, 7) is 1.17.